The number of hydrogen-bond acceptors (Lipinski definition) is 1. The summed E-state index contributed by atoms with van der Waals surface area (Å²) in [5, 5.41) is 3.59. The lowest BCUT2D eigenvalue weighted by Crippen LogP contribution is -2.32. The summed E-state index contributed by atoms with van der Waals surface area (Å²) in [6.45, 7) is 10.3. The minimum Gasteiger partial charge on any atom is -0.314 e. The van der Waals surface area contributed by atoms with E-state index in [1.165, 1.54) is 38.6 Å². The quantitative estimate of drug-likeness (QED) is 0.570. The topological polar surface area (TPSA) is 12.0 Å². The summed E-state index contributed by atoms with van der Waals surface area (Å²) in [6.07, 6.45) is 6.73. The van der Waals surface area contributed by atoms with E-state index in [0.29, 0.717) is 6.04 Å². The second-order valence-corrected chi connectivity index (χ2v) is 4.19. The largest absolute Gasteiger partial charge is 0.314 e. The third-order valence-electron chi connectivity index (χ3n) is 2.99. The van der Waals surface area contributed by atoms with Crippen LogP contribution < -0.4 is 5.32 Å². The van der Waals surface area contributed by atoms with Gasteiger partial charge in [-0.05, 0) is 25.8 Å². The minimum atomic E-state index is 0.687. The predicted molar refractivity (Wildman–Crippen MR) is 61.1 cm³/mol. The van der Waals surface area contributed by atoms with Gasteiger partial charge < -0.3 is 5.32 Å². The molecule has 0 bridgehead atoms. The van der Waals surface area contributed by atoms with Crippen molar-refractivity contribution in [1.29, 1.82) is 0 Å². The zero-order valence-electron chi connectivity index (χ0n) is 9.90. The lowest BCUT2D eigenvalue weighted by molar-refractivity contribution is 0.386. The maximum Gasteiger partial charge on any atom is 0.00642 e. The molecule has 0 amide bonds. The van der Waals surface area contributed by atoms with Gasteiger partial charge in [0.1, 0.15) is 0 Å². The molecule has 2 atom stereocenters. The zero-order chi connectivity index (χ0) is 10.1. The highest BCUT2D eigenvalue weighted by Crippen LogP contribution is 2.06. The fourth-order valence-electron chi connectivity index (χ4n) is 1.44. The van der Waals surface area contributed by atoms with Crippen molar-refractivity contribution in [2.24, 2.45) is 5.92 Å². The fourth-order valence-corrected chi connectivity index (χ4v) is 1.44. The Morgan fingerprint density at radius 2 is 1.69 bits per heavy atom. The Morgan fingerprint density at radius 1 is 1.00 bits per heavy atom. The van der Waals surface area contributed by atoms with E-state index in [1.54, 1.807) is 0 Å². The molecule has 0 fully saturated rings. The van der Waals surface area contributed by atoms with Crippen molar-refractivity contribution in [3.63, 3.8) is 0 Å². The molecule has 0 aromatic heterocycles. The number of nitrogens with one attached hydrogen (secondary N) is 1. The molecule has 0 radical (unpaired) electrons. The van der Waals surface area contributed by atoms with Crippen LogP contribution in [0.15, 0.2) is 0 Å². The lowest BCUT2D eigenvalue weighted by Gasteiger charge is -2.19. The van der Waals surface area contributed by atoms with E-state index in [9.17, 15) is 0 Å². The van der Waals surface area contributed by atoms with Crippen LogP contribution in [0.3, 0.4) is 0 Å². The summed E-state index contributed by atoms with van der Waals surface area (Å²) in [6, 6.07) is 0.687. The van der Waals surface area contributed by atoms with Crippen LogP contribution in [0.4, 0.5) is 0 Å². The average Bonchev–Trinajstić information content (AvgIpc) is 2.16. The first-order valence-electron chi connectivity index (χ1n) is 5.95. The zero-order valence-corrected chi connectivity index (χ0v) is 9.90. The van der Waals surface area contributed by atoms with E-state index in [4.69, 9.17) is 0 Å². The molecule has 0 aliphatic carbocycles. The number of rotatable bonds is 8. The van der Waals surface area contributed by atoms with Gasteiger partial charge in [0, 0.05) is 6.04 Å². The summed E-state index contributed by atoms with van der Waals surface area (Å²) in [7, 11) is 0. The van der Waals surface area contributed by atoms with E-state index in [-0.39, 0.29) is 0 Å². The summed E-state index contributed by atoms with van der Waals surface area (Å²) in [5.41, 5.74) is 0. The SMILES string of the molecule is CCCCCCN[C@H](C)[C@H](C)CC. The second-order valence-electron chi connectivity index (χ2n) is 4.19. The van der Waals surface area contributed by atoms with Crippen LogP contribution in [0.1, 0.15) is 59.8 Å². The van der Waals surface area contributed by atoms with Crippen molar-refractivity contribution in [2.45, 2.75) is 65.8 Å². The lowest BCUT2D eigenvalue weighted by atomic mass is 10.0. The first-order chi connectivity index (χ1) is 6.22. The van der Waals surface area contributed by atoms with Gasteiger partial charge in [-0.2, -0.15) is 0 Å². The van der Waals surface area contributed by atoms with Crippen molar-refractivity contribution in [1.82, 2.24) is 5.32 Å². The van der Waals surface area contributed by atoms with Crippen molar-refractivity contribution < 1.29 is 0 Å². The molecule has 0 aromatic carbocycles. The highest BCUT2D eigenvalue weighted by Gasteiger charge is 2.07. The summed E-state index contributed by atoms with van der Waals surface area (Å²) >= 11 is 0. The van der Waals surface area contributed by atoms with Gasteiger partial charge in [0.05, 0.1) is 0 Å². The van der Waals surface area contributed by atoms with E-state index in [2.05, 4.69) is 33.0 Å². The van der Waals surface area contributed by atoms with Gasteiger partial charge >= 0.3 is 0 Å². The van der Waals surface area contributed by atoms with Crippen molar-refractivity contribution in [3.05, 3.63) is 0 Å². The van der Waals surface area contributed by atoms with E-state index in [0.717, 1.165) is 5.92 Å². The van der Waals surface area contributed by atoms with Gasteiger partial charge in [-0.1, -0.05) is 46.5 Å². The molecule has 1 N–H and O–H groups in total. The van der Waals surface area contributed by atoms with Crippen LogP contribution >= 0.6 is 0 Å². The van der Waals surface area contributed by atoms with E-state index < -0.39 is 0 Å². The molecule has 0 rings (SSSR count). The molecule has 0 saturated carbocycles. The van der Waals surface area contributed by atoms with Gasteiger partial charge in [-0.15, -0.1) is 0 Å². The second kappa shape index (κ2) is 8.55. The van der Waals surface area contributed by atoms with Crippen LogP contribution in [0.2, 0.25) is 0 Å². The van der Waals surface area contributed by atoms with Gasteiger partial charge in [0.2, 0.25) is 0 Å². The summed E-state index contributed by atoms with van der Waals surface area (Å²) < 4.78 is 0. The third-order valence-corrected chi connectivity index (χ3v) is 2.99. The predicted octanol–water partition coefficient (Wildman–Crippen LogP) is 3.59. The normalized spacial score (nSPS) is 15.7. The molecule has 1 heteroatoms. The molecule has 1 nitrogen and oxygen atoms in total. The van der Waals surface area contributed by atoms with Gasteiger partial charge in [0.15, 0.2) is 0 Å². The standard InChI is InChI=1S/C12H27N/c1-5-7-8-9-10-13-12(4)11(3)6-2/h11-13H,5-10H2,1-4H3/t11-,12-/m1/s1. The molecule has 0 spiro atoms. The Bertz CT molecular complexity index is 101. The highest BCUT2D eigenvalue weighted by atomic mass is 14.9. The monoisotopic (exact) mass is 185 g/mol. The average molecular weight is 185 g/mol. The highest BCUT2D eigenvalue weighted by molar-refractivity contribution is 4.66. The maximum atomic E-state index is 3.59. The molecular weight excluding hydrogens is 158 g/mol. The first kappa shape index (κ1) is 13.0. The molecule has 13 heavy (non-hydrogen) atoms. The maximum absolute atomic E-state index is 3.59. The number of hydrogen-bond donors (Lipinski definition) is 1. The van der Waals surface area contributed by atoms with Crippen molar-refractivity contribution in [2.75, 3.05) is 6.54 Å². The van der Waals surface area contributed by atoms with Gasteiger partial charge in [0.25, 0.3) is 0 Å². The van der Waals surface area contributed by atoms with Crippen LogP contribution in [0.25, 0.3) is 0 Å². The summed E-state index contributed by atoms with van der Waals surface area (Å²) in [4.78, 5) is 0. The van der Waals surface area contributed by atoms with Crippen molar-refractivity contribution in [3.8, 4) is 0 Å². The Kier molecular flexibility index (Phi) is 8.53. The third kappa shape index (κ3) is 7.06. The molecule has 0 heterocycles. The van der Waals surface area contributed by atoms with Gasteiger partial charge in [-0.3, -0.25) is 0 Å². The molecular formula is C12H27N. The van der Waals surface area contributed by atoms with Crippen molar-refractivity contribution >= 4 is 0 Å². The Hall–Kier alpha value is -0.0400. The van der Waals surface area contributed by atoms with E-state index in [1.807, 2.05) is 0 Å². The number of unbranched alkanes of at least 4 members (excludes halogenated alkanes) is 3. The van der Waals surface area contributed by atoms with Crippen LogP contribution in [-0.2, 0) is 0 Å². The van der Waals surface area contributed by atoms with Crippen LogP contribution in [0.5, 0.6) is 0 Å². The Balaban J connectivity index is 3.21. The molecule has 0 aliphatic heterocycles. The van der Waals surface area contributed by atoms with Crippen LogP contribution in [-0.4, -0.2) is 12.6 Å². The molecule has 0 unspecified atom stereocenters. The molecule has 0 aromatic rings. The fraction of sp³-hybridized carbons (Fsp3) is 1.00. The van der Waals surface area contributed by atoms with Crippen LogP contribution in [0, 0.1) is 5.92 Å². The van der Waals surface area contributed by atoms with E-state index >= 15 is 0 Å². The molecule has 80 valence electrons. The molecule has 0 aliphatic rings. The van der Waals surface area contributed by atoms with Gasteiger partial charge in [-0.25, -0.2) is 0 Å². The summed E-state index contributed by atoms with van der Waals surface area (Å²) in [5.74, 6) is 0.811. The minimum absolute atomic E-state index is 0.687. The Morgan fingerprint density at radius 3 is 2.23 bits per heavy atom. The Labute approximate surface area is 84.3 Å². The first-order valence-corrected chi connectivity index (χ1v) is 5.95. The molecule has 0 saturated heterocycles. The smallest absolute Gasteiger partial charge is 0.00642 e.